The number of benzene rings is 1. The lowest BCUT2D eigenvalue weighted by Gasteiger charge is -2.15. The SMILES string of the molecule is COCC(NC(=O)Nc1cccc(C)c1C#N)C(=O)O. The lowest BCUT2D eigenvalue weighted by molar-refractivity contribution is -0.140. The molecule has 1 unspecified atom stereocenters. The van der Waals surface area contributed by atoms with Gasteiger partial charge in [0.25, 0.3) is 0 Å². The molecule has 7 heteroatoms. The van der Waals surface area contributed by atoms with Gasteiger partial charge in [-0.2, -0.15) is 5.26 Å². The van der Waals surface area contributed by atoms with Gasteiger partial charge < -0.3 is 20.5 Å². The minimum absolute atomic E-state index is 0.151. The van der Waals surface area contributed by atoms with Crippen LogP contribution in [0.2, 0.25) is 0 Å². The smallest absolute Gasteiger partial charge is 0.328 e. The van der Waals surface area contributed by atoms with Gasteiger partial charge in [-0.25, -0.2) is 9.59 Å². The Morgan fingerprint density at radius 1 is 1.50 bits per heavy atom. The highest BCUT2D eigenvalue weighted by Crippen LogP contribution is 2.18. The van der Waals surface area contributed by atoms with E-state index in [-0.39, 0.29) is 6.61 Å². The van der Waals surface area contributed by atoms with Crippen molar-refractivity contribution in [1.29, 1.82) is 5.26 Å². The third-order valence-electron chi connectivity index (χ3n) is 2.57. The van der Waals surface area contributed by atoms with Crippen molar-refractivity contribution in [3.63, 3.8) is 0 Å². The van der Waals surface area contributed by atoms with Crippen LogP contribution < -0.4 is 10.6 Å². The van der Waals surface area contributed by atoms with Crippen LogP contribution in [0.3, 0.4) is 0 Å². The molecule has 3 N–H and O–H groups in total. The number of carbonyl (C=O) groups excluding carboxylic acids is 1. The van der Waals surface area contributed by atoms with E-state index in [1.54, 1.807) is 25.1 Å². The number of amides is 2. The fourth-order valence-corrected chi connectivity index (χ4v) is 1.58. The van der Waals surface area contributed by atoms with Crippen LogP contribution in [-0.2, 0) is 9.53 Å². The number of urea groups is 1. The number of carboxylic acids is 1. The average Bonchev–Trinajstić information content (AvgIpc) is 2.38. The van der Waals surface area contributed by atoms with Gasteiger partial charge >= 0.3 is 12.0 Å². The topological polar surface area (TPSA) is 111 Å². The molecule has 7 nitrogen and oxygen atoms in total. The Morgan fingerprint density at radius 2 is 2.20 bits per heavy atom. The van der Waals surface area contributed by atoms with Gasteiger partial charge in [0, 0.05) is 7.11 Å². The minimum Gasteiger partial charge on any atom is -0.480 e. The summed E-state index contributed by atoms with van der Waals surface area (Å²) in [7, 11) is 1.34. The zero-order valence-corrected chi connectivity index (χ0v) is 11.1. The molecular weight excluding hydrogens is 262 g/mol. The van der Waals surface area contributed by atoms with Gasteiger partial charge in [0.2, 0.25) is 0 Å². The Labute approximate surface area is 116 Å². The van der Waals surface area contributed by atoms with E-state index in [0.29, 0.717) is 11.3 Å². The largest absolute Gasteiger partial charge is 0.480 e. The Morgan fingerprint density at radius 3 is 2.75 bits per heavy atom. The number of hydrogen-bond acceptors (Lipinski definition) is 4. The summed E-state index contributed by atoms with van der Waals surface area (Å²) in [5.74, 6) is -1.20. The summed E-state index contributed by atoms with van der Waals surface area (Å²) >= 11 is 0. The molecule has 1 atom stereocenters. The molecule has 1 aromatic rings. The summed E-state index contributed by atoms with van der Waals surface area (Å²) in [5, 5.41) is 22.6. The first-order valence-electron chi connectivity index (χ1n) is 5.78. The maximum Gasteiger partial charge on any atom is 0.328 e. The molecule has 0 fully saturated rings. The van der Waals surface area contributed by atoms with Crippen molar-refractivity contribution in [1.82, 2.24) is 5.32 Å². The average molecular weight is 277 g/mol. The summed E-state index contributed by atoms with van der Waals surface area (Å²) in [4.78, 5) is 22.6. The third-order valence-corrected chi connectivity index (χ3v) is 2.57. The summed E-state index contributed by atoms with van der Waals surface area (Å²) in [6, 6.07) is 5.12. The number of nitriles is 1. The molecule has 2 amide bonds. The van der Waals surface area contributed by atoms with Gasteiger partial charge in [-0.3, -0.25) is 0 Å². The summed E-state index contributed by atoms with van der Waals surface area (Å²) in [6.45, 7) is 1.59. The van der Waals surface area contributed by atoms with E-state index in [2.05, 4.69) is 10.6 Å². The van der Waals surface area contributed by atoms with Crippen LogP contribution in [0.1, 0.15) is 11.1 Å². The fraction of sp³-hybridized carbons (Fsp3) is 0.308. The Balaban J connectivity index is 2.79. The molecule has 0 saturated heterocycles. The quantitative estimate of drug-likeness (QED) is 0.745. The fourth-order valence-electron chi connectivity index (χ4n) is 1.58. The number of methoxy groups -OCH3 is 1. The Hall–Kier alpha value is -2.59. The number of hydrogen-bond donors (Lipinski definition) is 3. The first-order chi connectivity index (χ1) is 9.49. The van der Waals surface area contributed by atoms with Crippen molar-refractivity contribution in [3.05, 3.63) is 29.3 Å². The van der Waals surface area contributed by atoms with Gasteiger partial charge in [-0.15, -0.1) is 0 Å². The third kappa shape index (κ3) is 3.96. The van der Waals surface area contributed by atoms with Crippen molar-refractivity contribution in [2.45, 2.75) is 13.0 Å². The molecule has 0 saturated carbocycles. The van der Waals surface area contributed by atoms with Crippen molar-refractivity contribution >= 4 is 17.7 Å². The minimum atomic E-state index is -1.20. The normalized spacial score (nSPS) is 11.2. The number of aliphatic carboxylic acids is 1. The molecule has 0 aliphatic rings. The number of aryl methyl sites for hydroxylation is 1. The standard InChI is InChI=1S/C13H15N3O4/c1-8-4-3-5-10(9(8)6-14)15-13(19)16-11(7-20-2)12(17)18/h3-5,11H,7H2,1-2H3,(H,17,18)(H2,15,16,19). The van der Waals surface area contributed by atoms with Crippen molar-refractivity contribution in [2.24, 2.45) is 0 Å². The summed E-state index contributed by atoms with van der Waals surface area (Å²) in [6.07, 6.45) is 0. The molecule has 20 heavy (non-hydrogen) atoms. The molecule has 106 valence electrons. The lowest BCUT2D eigenvalue weighted by Crippen LogP contribution is -2.45. The van der Waals surface area contributed by atoms with Crippen LogP contribution in [0.25, 0.3) is 0 Å². The zero-order chi connectivity index (χ0) is 15.1. The number of anilines is 1. The van der Waals surface area contributed by atoms with Crippen LogP contribution in [0.4, 0.5) is 10.5 Å². The molecule has 0 aromatic heterocycles. The maximum atomic E-state index is 11.7. The predicted octanol–water partition coefficient (Wildman–Crippen LogP) is 1.09. The molecule has 0 aliphatic heterocycles. The van der Waals surface area contributed by atoms with E-state index in [4.69, 9.17) is 15.1 Å². The Bertz CT molecular complexity index is 551. The molecular formula is C13H15N3O4. The molecule has 1 aromatic carbocycles. The van der Waals surface area contributed by atoms with Crippen LogP contribution in [0.15, 0.2) is 18.2 Å². The number of nitrogens with zero attached hydrogens (tertiary/aromatic N) is 1. The van der Waals surface area contributed by atoms with E-state index < -0.39 is 18.0 Å². The first-order valence-corrected chi connectivity index (χ1v) is 5.78. The van der Waals surface area contributed by atoms with Crippen LogP contribution in [0, 0.1) is 18.3 Å². The number of carbonyl (C=O) groups is 2. The number of carboxylic acid groups (broad SMARTS) is 1. The molecule has 0 spiro atoms. The van der Waals surface area contributed by atoms with E-state index in [1.165, 1.54) is 7.11 Å². The van der Waals surface area contributed by atoms with E-state index in [1.807, 2.05) is 6.07 Å². The number of rotatable bonds is 5. The Kier molecular flexibility index (Phi) is 5.50. The highest BCUT2D eigenvalue weighted by Gasteiger charge is 2.20. The molecule has 0 radical (unpaired) electrons. The van der Waals surface area contributed by atoms with Crippen molar-refractivity contribution < 1.29 is 19.4 Å². The predicted molar refractivity (Wildman–Crippen MR) is 71.3 cm³/mol. The van der Waals surface area contributed by atoms with E-state index in [0.717, 1.165) is 5.56 Å². The maximum absolute atomic E-state index is 11.7. The summed E-state index contributed by atoms with van der Waals surface area (Å²) < 4.78 is 4.70. The van der Waals surface area contributed by atoms with Gasteiger partial charge in [0.15, 0.2) is 6.04 Å². The van der Waals surface area contributed by atoms with E-state index >= 15 is 0 Å². The van der Waals surface area contributed by atoms with Crippen molar-refractivity contribution in [3.8, 4) is 6.07 Å². The number of nitrogens with one attached hydrogen (secondary N) is 2. The van der Waals surface area contributed by atoms with Crippen LogP contribution >= 0.6 is 0 Å². The molecule has 0 bridgehead atoms. The highest BCUT2D eigenvalue weighted by atomic mass is 16.5. The van der Waals surface area contributed by atoms with E-state index in [9.17, 15) is 9.59 Å². The summed E-state index contributed by atoms with van der Waals surface area (Å²) in [5.41, 5.74) is 1.38. The zero-order valence-electron chi connectivity index (χ0n) is 11.1. The number of ether oxygens (including phenoxy) is 1. The molecule has 0 heterocycles. The second-order valence-corrected chi connectivity index (χ2v) is 4.05. The highest BCUT2D eigenvalue weighted by molar-refractivity contribution is 5.93. The van der Waals surface area contributed by atoms with Gasteiger partial charge in [0.05, 0.1) is 17.9 Å². The van der Waals surface area contributed by atoms with Crippen LogP contribution in [0.5, 0.6) is 0 Å². The monoisotopic (exact) mass is 277 g/mol. The van der Waals surface area contributed by atoms with Gasteiger partial charge in [-0.05, 0) is 18.6 Å². The van der Waals surface area contributed by atoms with Crippen LogP contribution in [-0.4, -0.2) is 36.9 Å². The first kappa shape index (κ1) is 15.5. The second kappa shape index (κ2) is 7.11. The van der Waals surface area contributed by atoms with Gasteiger partial charge in [-0.1, -0.05) is 12.1 Å². The second-order valence-electron chi connectivity index (χ2n) is 4.05. The van der Waals surface area contributed by atoms with Crippen molar-refractivity contribution in [2.75, 3.05) is 19.0 Å². The lowest BCUT2D eigenvalue weighted by atomic mass is 10.1. The molecule has 0 aliphatic carbocycles. The van der Waals surface area contributed by atoms with Gasteiger partial charge in [0.1, 0.15) is 6.07 Å². The molecule has 1 rings (SSSR count).